The van der Waals surface area contributed by atoms with Crippen molar-refractivity contribution in [3.63, 3.8) is 0 Å². The molecule has 21 heavy (non-hydrogen) atoms. The number of hydrogen-bond acceptors (Lipinski definition) is 8. The Morgan fingerprint density at radius 3 is 3.05 bits per heavy atom. The number of anilines is 1. The van der Waals surface area contributed by atoms with Crippen molar-refractivity contribution in [3.8, 4) is 5.88 Å². The van der Waals surface area contributed by atoms with Gasteiger partial charge in [-0.15, -0.1) is 4.37 Å². The number of nitrogens with zero attached hydrogens (tertiary/aromatic N) is 3. The first kappa shape index (κ1) is 7.54. The van der Waals surface area contributed by atoms with Crippen molar-refractivity contribution in [1.82, 2.24) is 14.1 Å². The van der Waals surface area contributed by atoms with Crippen LogP contribution in [-0.4, -0.2) is 64.9 Å². The molecule has 2 heterocycles. The van der Waals surface area contributed by atoms with Crippen LogP contribution in [0.5, 0.6) is 5.88 Å². The van der Waals surface area contributed by atoms with Crippen molar-refractivity contribution in [3.05, 3.63) is 0 Å². The summed E-state index contributed by atoms with van der Waals surface area (Å²) in [5.41, 5.74) is -2.27. The number of aliphatic hydroxyl groups excluding tert-OH is 1. The lowest BCUT2D eigenvalue weighted by atomic mass is 10.1. The van der Waals surface area contributed by atoms with Crippen LogP contribution in [0.3, 0.4) is 0 Å². The van der Waals surface area contributed by atoms with Crippen molar-refractivity contribution in [2.24, 2.45) is 0 Å². The first-order valence-corrected chi connectivity index (χ1v) is 6.92. The topological polar surface area (TPSA) is 79.7 Å². The van der Waals surface area contributed by atoms with E-state index in [0.29, 0.717) is 11.7 Å². The Labute approximate surface area is 143 Å². The quantitative estimate of drug-likeness (QED) is 0.788. The van der Waals surface area contributed by atoms with Gasteiger partial charge in [0, 0.05) is 33.3 Å². The second kappa shape index (κ2) is 7.35. The molecule has 7 nitrogen and oxygen atoms in total. The lowest BCUT2D eigenvalue weighted by Gasteiger charge is -2.27. The minimum Gasteiger partial charge on any atom is -0.472 e. The molecule has 2 N–H and O–H groups in total. The molecule has 0 spiro atoms. The van der Waals surface area contributed by atoms with Crippen LogP contribution in [0.4, 0.5) is 5.82 Å². The van der Waals surface area contributed by atoms with E-state index in [0.717, 1.165) is 11.8 Å². The summed E-state index contributed by atoms with van der Waals surface area (Å²) in [5, 5.41) is 12.5. The van der Waals surface area contributed by atoms with Crippen molar-refractivity contribution in [2.75, 3.05) is 44.3 Å². The molecular weight excluding hydrogens is 292 g/mol. The van der Waals surface area contributed by atoms with Crippen molar-refractivity contribution < 1.29 is 28.3 Å². The zero-order valence-corrected chi connectivity index (χ0v) is 12.2. The van der Waals surface area contributed by atoms with Gasteiger partial charge in [0.05, 0.1) is 30.4 Å². The van der Waals surface area contributed by atoms with E-state index in [4.69, 9.17) is 23.2 Å². The van der Waals surface area contributed by atoms with Crippen molar-refractivity contribution in [1.29, 1.82) is 0 Å². The maximum Gasteiger partial charge on any atom is 0.270 e. The summed E-state index contributed by atoms with van der Waals surface area (Å²) in [6, 6.07) is 0. The van der Waals surface area contributed by atoms with Gasteiger partial charge in [0.1, 0.15) is 12.7 Å². The fraction of sp³-hybridized carbons (Fsp3) is 0.846. The molecule has 2 rings (SSSR count). The van der Waals surface area contributed by atoms with Crippen LogP contribution in [0.2, 0.25) is 0 Å². The predicted molar refractivity (Wildman–Crippen MR) is 82.2 cm³/mol. The number of aromatic nitrogens is 2. The molecule has 1 atom stereocenters. The van der Waals surface area contributed by atoms with E-state index in [9.17, 15) is 5.11 Å². The third-order valence-electron chi connectivity index (χ3n) is 2.41. The number of β-amino-alcohol motifs (C(OH)–C–C–N with tert-alkyl or cyclic N) is 1. The van der Waals surface area contributed by atoms with E-state index in [-0.39, 0.29) is 11.7 Å². The van der Waals surface area contributed by atoms with Crippen molar-refractivity contribution in [2.45, 2.75) is 32.3 Å². The maximum atomic E-state index is 10.2. The van der Waals surface area contributed by atoms with Crippen LogP contribution in [-0.2, 0) is 4.74 Å². The Morgan fingerprint density at radius 2 is 2.33 bits per heavy atom. The third kappa shape index (κ3) is 5.39. The average molecular weight is 326 g/mol. The highest BCUT2D eigenvalue weighted by Gasteiger charge is 2.21. The molecule has 0 bridgehead atoms. The average Bonchev–Trinajstić information content (AvgIpc) is 3.01. The molecule has 0 amide bonds. The molecule has 1 aromatic heterocycles. The third-order valence-corrected chi connectivity index (χ3v) is 2.91. The zero-order chi connectivity index (χ0) is 23.9. The van der Waals surface area contributed by atoms with E-state index in [1.807, 2.05) is 0 Å². The van der Waals surface area contributed by atoms with Gasteiger partial charge in [-0.3, -0.25) is 0 Å². The lowest BCUT2D eigenvalue weighted by Crippen LogP contribution is -2.42. The fourth-order valence-electron chi connectivity index (χ4n) is 1.44. The number of nitrogens with one attached hydrogen (secondary N) is 1. The normalized spacial score (nSPS) is 30.9. The van der Waals surface area contributed by atoms with Gasteiger partial charge >= 0.3 is 0 Å². The Kier molecular flexibility index (Phi) is 2.64. The lowest BCUT2D eigenvalue weighted by molar-refractivity contribution is 0.0975. The van der Waals surface area contributed by atoms with Gasteiger partial charge in [-0.2, -0.15) is 4.37 Å². The van der Waals surface area contributed by atoms with Crippen molar-refractivity contribution >= 4 is 17.5 Å². The number of morpholine rings is 1. The van der Waals surface area contributed by atoms with E-state index >= 15 is 0 Å². The molecule has 0 unspecified atom stereocenters. The first-order chi connectivity index (χ1) is 13.9. The fourth-order valence-corrected chi connectivity index (χ4v) is 1.92. The SMILES string of the molecule is [2H]C1([2H])COCC([2H])([2H])N1c1nsnc1OC[C@@H](O)CNC(C)(C([2H])([2H])[2H])C([2H])([2H])[2H]. The molecule has 1 saturated heterocycles. The largest absolute Gasteiger partial charge is 0.472 e. The van der Waals surface area contributed by atoms with Gasteiger partial charge in [0.15, 0.2) is 0 Å². The van der Waals surface area contributed by atoms with E-state index in [1.54, 1.807) is 0 Å². The highest BCUT2D eigenvalue weighted by Crippen LogP contribution is 2.26. The first-order valence-electron chi connectivity index (χ1n) is 11.2. The highest BCUT2D eigenvalue weighted by molar-refractivity contribution is 6.99. The van der Waals surface area contributed by atoms with Gasteiger partial charge in [-0.05, 0) is 20.6 Å². The van der Waals surface area contributed by atoms with Gasteiger partial charge in [-0.25, -0.2) is 0 Å². The number of rotatable bonds is 6. The smallest absolute Gasteiger partial charge is 0.270 e. The summed E-state index contributed by atoms with van der Waals surface area (Å²) in [4.78, 5) is 0.757. The molecule has 1 aromatic rings. The Morgan fingerprint density at radius 1 is 1.57 bits per heavy atom. The maximum absolute atomic E-state index is 10.2. The van der Waals surface area contributed by atoms with Gasteiger partial charge < -0.3 is 24.8 Å². The minimum absolute atomic E-state index is 0.210. The zero-order valence-electron chi connectivity index (χ0n) is 21.4. The van der Waals surface area contributed by atoms with E-state index in [2.05, 4.69) is 14.1 Å². The molecule has 0 aromatic carbocycles. The summed E-state index contributed by atoms with van der Waals surface area (Å²) in [6.07, 6.45) is -1.35. The Hall–Kier alpha value is -0.960. The molecule has 0 saturated carbocycles. The second-order valence-electron chi connectivity index (χ2n) is 4.51. The van der Waals surface area contributed by atoms with Crippen LogP contribution in [0.1, 0.15) is 34.3 Å². The standard InChI is InChI=1S/C13H24N4O3S/c1-13(2,3)14-8-10(18)9-20-12-11(15-21-16-12)17-4-6-19-7-5-17/h10,14,18H,4-9H2,1-3H3/t10-/m0/s1/i1D3,2D3,4D2,5D2. The molecule has 0 radical (unpaired) electrons. The summed E-state index contributed by atoms with van der Waals surface area (Å²) in [6.45, 7) is -10.9. The van der Waals surface area contributed by atoms with Crippen LogP contribution in [0.25, 0.3) is 0 Å². The summed E-state index contributed by atoms with van der Waals surface area (Å²) in [7, 11) is 0. The minimum atomic E-state index is -2.88. The van der Waals surface area contributed by atoms with Gasteiger partial charge in [0.2, 0.25) is 5.82 Å². The summed E-state index contributed by atoms with van der Waals surface area (Å²) >= 11 is 0.651. The molecule has 8 heteroatoms. The Bertz CT molecular complexity index is 727. The predicted octanol–water partition coefficient (Wildman–Crippen LogP) is 0.503. The van der Waals surface area contributed by atoms with Crippen LogP contribution < -0.4 is 15.0 Å². The molecule has 1 fully saturated rings. The molecule has 1 aliphatic rings. The number of aliphatic hydroxyl groups is 1. The van der Waals surface area contributed by atoms with Gasteiger partial charge in [0.25, 0.3) is 5.88 Å². The van der Waals surface area contributed by atoms with Crippen LogP contribution in [0.15, 0.2) is 0 Å². The van der Waals surface area contributed by atoms with Gasteiger partial charge in [-0.1, -0.05) is 0 Å². The number of ether oxygens (including phenoxy) is 2. The molecule has 120 valence electrons. The summed E-state index contributed by atoms with van der Waals surface area (Å²) < 4.78 is 95.3. The Balaban J connectivity index is 2.08. The van der Waals surface area contributed by atoms with Crippen LogP contribution >= 0.6 is 11.7 Å². The van der Waals surface area contributed by atoms with Crippen LogP contribution in [0, 0.1) is 0 Å². The van der Waals surface area contributed by atoms with E-state index < -0.39 is 64.7 Å². The monoisotopic (exact) mass is 326 g/mol. The second-order valence-corrected chi connectivity index (χ2v) is 5.04. The highest BCUT2D eigenvalue weighted by atomic mass is 32.1. The number of hydrogen-bond donors (Lipinski definition) is 2. The molecule has 0 aliphatic carbocycles. The molecular formula is C13H24N4O3S. The van der Waals surface area contributed by atoms with E-state index in [1.165, 1.54) is 0 Å². The molecule has 1 aliphatic heterocycles. The summed E-state index contributed by atoms with van der Waals surface area (Å²) in [5.74, 6) is -0.439.